The minimum Gasteiger partial charge on any atom is -0.329 e. The average molecular weight is 257 g/mol. The van der Waals surface area contributed by atoms with E-state index in [0.717, 1.165) is 25.6 Å². The number of nitrogens with zero attached hydrogens (tertiary/aromatic N) is 2. The summed E-state index contributed by atoms with van der Waals surface area (Å²) in [5.41, 5.74) is 6.04. The summed E-state index contributed by atoms with van der Waals surface area (Å²) in [4.78, 5) is 4.83. The molecular weight excluding hydrogens is 222 g/mol. The zero-order valence-electron chi connectivity index (χ0n) is 13.6. The summed E-state index contributed by atoms with van der Waals surface area (Å²) >= 11 is 0. The van der Waals surface area contributed by atoms with Gasteiger partial charge in [0.2, 0.25) is 0 Å². The van der Waals surface area contributed by atoms with Crippen LogP contribution >= 0.6 is 0 Å². The molecule has 0 spiro atoms. The van der Waals surface area contributed by atoms with Gasteiger partial charge in [0, 0.05) is 25.2 Å². The molecule has 0 radical (unpaired) electrons. The van der Waals surface area contributed by atoms with Crippen molar-refractivity contribution in [1.29, 1.82) is 0 Å². The normalized spacial score (nSPS) is 17.5. The Balaban J connectivity index is 4.64. The third-order valence-corrected chi connectivity index (χ3v) is 3.73. The average Bonchev–Trinajstić information content (AvgIpc) is 2.22. The van der Waals surface area contributed by atoms with Gasteiger partial charge in [0.05, 0.1) is 0 Å². The molecule has 0 aliphatic heterocycles. The first-order chi connectivity index (χ1) is 8.33. The van der Waals surface area contributed by atoms with Crippen LogP contribution in [0.15, 0.2) is 0 Å². The molecular formula is C15H35N3. The molecule has 3 unspecified atom stereocenters. The first kappa shape index (κ1) is 17.9. The first-order valence-electron chi connectivity index (χ1n) is 7.43. The highest BCUT2D eigenvalue weighted by atomic mass is 15.2. The number of nitrogens with two attached hydrogens (primary N) is 1. The Morgan fingerprint density at radius 1 is 1.06 bits per heavy atom. The molecule has 3 atom stereocenters. The predicted molar refractivity (Wildman–Crippen MR) is 81.9 cm³/mol. The van der Waals surface area contributed by atoms with Crippen LogP contribution in [0.25, 0.3) is 0 Å². The standard InChI is InChI=1S/C15H35N3/c1-8-18(14(5)11-17(6)7)15(10-16)13(4)9-12(2)3/h12-15H,8-11,16H2,1-7H3. The van der Waals surface area contributed by atoms with Gasteiger partial charge in [0.25, 0.3) is 0 Å². The van der Waals surface area contributed by atoms with Crippen molar-refractivity contribution in [1.82, 2.24) is 9.80 Å². The molecule has 0 saturated carbocycles. The van der Waals surface area contributed by atoms with Crippen LogP contribution in [0.2, 0.25) is 0 Å². The summed E-state index contributed by atoms with van der Waals surface area (Å²) in [6.45, 7) is 14.4. The van der Waals surface area contributed by atoms with Crippen LogP contribution in [0.3, 0.4) is 0 Å². The highest BCUT2D eigenvalue weighted by Crippen LogP contribution is 2.20. The van der Waals surface area contributed by atoms with Gasteiger partial charge in [-0.25, -0.2) is 0 Å². The van der Waals surface area contributed by atoms with Gasteiger partial charge in [-0.1, -0.05) is 27.7 Å². The lowest BCUT2D eigenvalue weighted by atomic mass is 9.90. The third kappa shape index (κ3) is 6.17. The molecule has 0 aromatic carbocycles. The van der Waals surface area contributed by atoms with Crippen LogP contribution in [0.4, 0.5) is 0 Å². The SMILES string of the molecule is CCN(C(C)CN(C)C)C(CN)C(C)CC(C)C. The zero-order chi connectivity index (χ0) is 14.3. The van der Waals surface area contributed by atoms with Crippen LogP contribution in [0.5, 0.6) is 0 Å². The van der Waals surface area contributed by atoms with Crippen LogP contribution in [-0.2, 0) is 0 Å². The molecule has 0 aromatic rings. The maximum atomic E-state index is 6.04. The number of rotatable bonds is 9. The fraction of sp³-hybridized carbons (Fsp3) is 1.00. The number of hydrogen-bond donors (Lipinski definition) is 1. The lowest BCUT2D eigenvalue weighted by molar-refractivity contribution is 0.0910. The van der Waals surface area contributed by atoms with E-state index < -0.39 is 0 Å². The predicted octanol–water partition coefficient (Wildman–Crippen LogP) is 2.27. The van der Waals surface area contributed by atoms with Gasteiger partial charge in [-0.3, -0.25) is 4.90 Å². The Kier molecular flexibility index (Phi) is 8.83. The molecule has 0 aliphatic carbocycles. The molecule has 3 nitrogen and oxygen atoms in total. The third-order valence-electron chi connectivity index (χ3n) is 3.73. The van der Waals surface area contributed by atoms with Crippen molar-refractivity contribution >= 4 is 0 Å². The summed E-state index contributed by atoms with van der Waals surface area (Å²) in [6.07, 6.45) is 1.26. The Morgan fingerprint density at radius 3 is 1.94 bits per heavy atom. The Labute approximate surface area is 115 Å². The van der Waals surface area contributed by atoms with Gasteiger partial charge in [-0.2, -0.15) is 0 Å². The van der Waals surface area contributed by atoms with E-state index in [2.05, 4.69) is 58.5 Å². The fourth-order valence-corrected chi connectivity index (χ4v) is 3.10. The van der Waals surface area contributed by atoms with Crippen molar-refractivity contribution < 1.29 is 0 Å². The monoisotopic (exact) mass is 257 g/mol. The second-order valence-corrected chi connectivity index (χ2v) is 6.35. The smallest absolute Gasteiger partial charge is 0.0247 e. The molecule has 0 saturated heterocycles. The molecule has 2 N–H and O–H groups in total. The van der Waals surface area contributed by atoms with Crippen molar-refractivity contribution in [3.8, 4) is 0 Å². The molecule has 18 heavy (non-hydrogen) atoms. The molecule has 0 bridgehead atoms. The highest BCUT2D eigenvalue weighted by molar-refractivity contribution is 4.82. The maximum absolute atomic E-state index is 6.04. The largest absolute Gasteiger partial charge is 0.329 e. The van der Waals surface area contributed by atoms with Crippen molar-refractivity contribution in [2.45, 2.75) is 53.1 Å². The maximum Gasteiger partial charge on any atom is 0.0247 e. The lowest BCUT2D eigenvalue weighted by Crippen LogP contribution is -2.51. The van der Waals surface area contributed by atoms with Crippen LogP contribution in [-0.4, -0.2) is 55.6 Å². The second kappa shape index (κ2) is 8.89. The van der Waals surface area contributed by atoms with Crippen molar-refractivity contribution in [3.05, 3.63) is 0 Å². The topological polar surface area (TPSA) is 32.5 Å². The van der Waals surface area contributed by atoms with E-state index >= 15 is 0 Å². The lowest BCUT2D eigenvalue weighted by Gasteiger charge is -2.40. The minimum absolute atomic E-state index is 0.507. The second-order valence-electron chi connectivity index (χ2n) is 6.35. The summed E-state index contributed by atoms with van der Waals surface area (Å²) < 4.78 is 0. The molecule has 110 valence electrons. The summed E-state index contributed by atoms with van der Waals surface area (Å²) in [5, 5.41) is 0. The molecule has 0 aromatic heterocycles. The van der Waals surface area contributed by atoms with Crippen LogP contribution in [0.1, 0.15) is 41.0 Å². The first-order valence-corrected chi connectivity index (χ1v) is 7.43. The van der Waals surface area contributed by atoms with Gasteiger partial charge >= 0.3 is 0 Å². The summed E-state index contributed by atoms with van der Waals surface area (Å²) in [7, 11) is 4.28. The summed E-state index contributed by atoms with van der Waals surface area (Å²) in [6, 6.07) is 1.07. The highest BCUT2D eigenvalue weighted by Gasteiger charge is 2.26. The molecule has 0 amide bonds. The Bertz CT molecular complexity index is 182. The fourth-order valence-electron chi connectivity index (χ4n) is 3.10. The molecule has 0 heterocycles. The zero-order valence-corrected chi connectivity index (χ0v) is 13.6. The Morgan fingerprint density at radius 2 is 1.61 bits per heavy atom. The molecule has 0 aliphatic rings. The van der Waals surface area contributed by atoms with E-state index in [1.165, 1.54) is 6.42 Å². The van der Waals surface area contributed by atoms with Gasteiger partial charge in [0.1, 0.15) is 0 Å². The minimum atomic E-state index is 0.507. The van der Waals surface area contributed by atoms with E-state index in [0.29, 0.717) is 18.0 Å². The van der Waals surface area contributed by atoms with E-state index in [9.17, 15) is 0 Å². The van der Waals surface area contributed by atoms with Gasteiger partial charge < -0.3 is 10.6 Å². The van der Waals surface area contributed by atoms with Crippen LogP contribution in [0, 0.1) is 11.8 Å². The van der Waals surface area contributed by atoms with E-state index in [1.54, 1.807) is 0 Å². The number of hydrogen-bond acceptors (Lipinski definition) is 3. The van der Waals surface area contributed by atoms with Gasteiger partial charge in [-0.05, 0) is 45.8 Å². The van der Waals surface area contributed by atoms with Crippen molar-refractivity contribution in [2.24, 2.45) is 17.6 Å². The Hall–Kier alpha value is -0.120. The van der Waals surface area contributed by atoms with Crippen molar-refractivity contribution in [3.63, 3.8) is 0 Å². The number of likely N-dealkylation sites (N-methyl/N-ethyl adjacent to an activating group) is 2. The van der Waals surface area contributed by atoms with Crippen molar-refractivity contribution in [2.75, 3.05) is 33.7 Å². The summed E-state index contributed by atoms with van der Waals surface area (Å²) in [5.74, 6) is 1.41. The molecule has 0 rings (SSSR count). The van der Waals surface area contributed by atoms with Gasteiger partial charge in [0.15, 0.2) is 0 Å². The molecule has 3 heteroatoms. The van der Waals surface area contributed by atoms with E-state index in [-0.39, 0.29) is 0 Å². The van der Waals surface area contributed by atoms with Gasteiger partial charge in [-0.15, -0.1) is 0 Å². The van der Waals surface area contributed by atoms with E-state index in [1.807, 2.05) is 0 Å². The quantitative estimate of drug-likeness (QED) is 0.688. The van der Waals surface area contributed by atoms with Crippen LogP contribution < -0.4 is 5.73 Å². The van der Waals surface area contributed by atoms with E-state index in [4.69, 9.17) is 5.73 Å². The molecule has 0 fully saturated rings.